The molecule has 0 spiro atoms. The number of aromatic nitrogens is 2. The highest BCUT2D eigenvalue weighted by atomic mass is 32.2. The van der Waals surface area contributed by atoms with Crippen LogP contribution in [0.3, 0.4) is 0 Å². The summed E-state index contributed by atoms with van der Waals surface area (Å²) in [6.45, 7) is 2.02. The van der Waals surface area contributed by atoms with Crippen molar-refractivity contribution in [2.75, 3.05) is 24.6 Å². The summed E-state index contributed by atoms with van der Waals surface area (Å²) in [7, 11) is 1.94. The zero-order valence-electron chi connectivity index (χ0n) is 9.07. The van der Waals surface area contributed by atoms with Gasteiger partial charge in [-0.05, 0) is 18.5 Å². The molecule has 0 unspecified atom stereocenters. The van der Waals surface area contributed by atoms with Crippen LogP contribution in [0, 0.1) is 12.3 Å². The van der Waals surface area contributed by atoms with Crippen molar-refractivity contribution in [3.63, 3.8) is 0 Å². The molecule has 15 heavy (non-hydrogen) atoms. The zero-order valence-corrected chi connectivity index (χ0v) is 9.89. The van der Waals surface area contributed by atoms with Crippen LogP contribution in [0.15, 0.2) is 12.4 Å². The predicted molar refractivity (Wildman–Crippen MR) is 65.9 cm³/mol. The Kier molecular flexibility index (Phi) is 5.98. The van der Waals surface area contributed by atoms with Crippen molar-refractivity contribution in [2.45, 2.75) is 6.42 Å². The molecule has 0 aliphatic heterocycles. The van der Waals surface area contributed by atoms with Gasteiger partial charge in [-0.2, -0.15) is 5.10 Å². The minimum atomic E-state index is 0.810. The lowest BCUT2D eigenvalue weighted by atomic mass is 10.2. The summed E-state index contributed by atoms with van der Waals surface area (Å²) >= 11 is 1.79. The van der Waals surface area contributed by atoms with E-state index in [2.05, 4.69) is 22.5 Å². The van der Waals surface area contributed by atoms with Gasteiger partial charge in [-0.15, -0.1) is 18.2 Å². The van der Waals surface area contributed by atoms with Crippen molar-refractivity contribution in [1.82, 2.24) is 15.1 Å². The first-order valence-corrected chi connectivity index (χ1v) is 6.18. The van der Waals surface area contributed by atoms with E-state index in [9.17, 15) is 0 Å². The lowest BCUT2D eigenvalue weighted by Crippen LogP contribution is -2.20. The van der Waals surface area contributed by atoms with Crippen LogP contribution in [0.4, 0.5) is 0 Å². The molecular formula is C11H17N3S. The maximum absolute atomic E-state index is 5.15. The van der Waals surface area contributed by atoms with Crippen LogP contribution in [-0.4, -0.2) is 34.4 Å². The van der Waals surface area contributed by atoms with Crippen molar-refractivity contribution in [3.05, 3.63) is 18.0 Å². The van der Waals surface area contributed by atoms with E-state index in [1.807, 2.05) is 17.9 Å². The number of terminal acetylenes is 1. The Labute approximate surface area is 95.6 Å². The summed E-state index contributed by atoms with van der Waals surface area (Å²) < 4.78 is 1.83. The third-order valence-corrected chi connectivity index (χ3v) is 2.82. The van der Waals surface area contributed by atoms with E-state index in [1.54, 1.807) is 11.8 Å². The lowest BCUT2D eigenvalue weighted by Gasteiger charge is -2.01. The molecule has 1 N–H and O–H groups in total. The molecule has 82 valence electrons. The fourth-order valence-electron chi connectivity index (χ4n) is 1.23. The van der Waals surface area contributed by atoms with Gasteiger partial charge in [0.25, 0.3) is 0 Å². The molecule has 1 aromatic heterocycles. The number of aryl methyl sites for hydroxylation is 1. The first kappa shape index (κ1) is 12.2. The number of nitrogens with zero attached hydrogens (tertiary/aromatic N) is 2. The molecular weight excluding hydrogens is 206 g/mol. The van der Waals surface area contributed by atoms with E-state index >= 15 is 0 Å². The van der Waals surface area contributed by atoms with Crippen LogP contribution >= 0.6 is 11.8 Å². The number of hydrogen-bond donors (Lipinski definition) is 1. The van der Waals surface area contributed by atoms with Crippen LogP contribution in [0.25, 0.3) is 0 Å². The van der Waals surface area contributed by atoms with Crippen molar-refractivity contribution in [2.24, 2.45) is 7.05 Å². The van der Waals surface area contributed by atoms with Gasteiger partial charge in [0.1, 0.15) is 0 Å². The van der Waals surface area contributed by atoms with Gasteiger partial charge in [-0.25, -0.2) is 0 Å². The van der Waals surface area contributed by atoms with Crippen molar-refractivity contribution >= 4 is 11.8 Å². The fraction of sp³-hybridized carbons (Fsp3) is 0.545. The Bertz CT molecular complexity index is 314. The Balaban J connectivity index is 1.96. The fourth-order valence-corrected chi connectivity index (χ4v) is 1.78. The Morgan fingerprint density at radius 1 is 1.60 bits per heavy atom. The summed E-state index contributed by atoms with van der Waals surface area (Å²) in [5.41, 5.74) is 1.28. The van der Waals surface area contributed by atoms with E-state index in [-0.39, 0.29) is 0 Å². The number of rotatable bonds is 7. The van der Waals surface area contributed by atoms with Crippen LogP contribution < -0.4 is 5.32 Å². The van der Waals surface area contributed by atoms with Crippen LogP contribution in [0.1, 0.15) is 5.56 Å². The standard InChI is InChI=1S/C11H17N3S/c1-3-7-15-8-6-12-5-4-11-9-13-14(2)10-11/h1,9-10,12H,4-8H2,2H3. The first-order chi connectivity index (χ1) is 7.33. The van der Waals surface area contributed by atoms with Gasteiger partial charge in [-0.1, -0.05) is 5.92 Å². The summed E-state index contributed by atoms with van der Waals surface area (Å²) in [5.74, 6) is 4.50. The highest BCUT2D eigenvalue weighted by molar-refractivity contribution is 7.99. The third-order valence-electron chi connectivity index (χ3n) is 1.96. The van der Waals surface area contributed by atoms with Crippen LogP contribution in [0.2, 0.25) is 0 Å². The number of thioether (sulfide) groups is 1. The molecule has 0 aliphatic carbocycles. The van der Waals surface area contributed by atoms with Gasteiger partial charge in [0.15, 0.2) is 0 Å². The van der Waals surface area contributed by atoms with E-state index in [0.717, 1.165) is 31.0 Å². The molecule has 0 bridgehead atoms. The highest BCUT2D eigenvalue weighted by Crippen LogP contribution is 1.97. The van der Waals surface area contributed by atoms with Crippen molar-refractivity contribution in [3.8, 4) is 12.3 Å². The van der Waals surface area contributed by atoms with E-state index in [0.29, 0.717) is 0 Å². The maximum atomic E-state index is 5.15. The second kappa shape index (κ2) is 7.38. The Morgan fingerprint density at radius 2 is 2.47 bits per heavy atom. The molecule has 0 saturated heterocycles. The molecule has 4 heteroatoms. The second-order valence-corrected chi connectivity index (χ2v) is 4.38. The molecule has 0 aromatic carbocycles. The highest BCUT2D eigenvalue weighted by Gasteiger charge is 1.95. The van der Waals surface area contributed by atoms with Gasteiger partial charge in [0, 0.05) is 25.5 Å². The topological polar surface area (TPSA) is 29.9 Å². The van der Waals surface area contributed by atoms with Gasteiger partial charge >= 0.3 is 0 Å². The minimum Gasteiger partial charge on any atom is -0.316 e. The van der Waals surface area contributed by atoms with E-state index in [1.165, 1.54) is 5.56 Å². The molecule has 0 atom stereocenters. The number of hydrogen-bond acceptors (Lipinski definition) is 3. The van der Waals surface area contributed by atoms with Gasteiger partial charge in [-0.3, -0.25) is 4.68 Å². The summed E-state index contributed by atoms with van der Waals surface area (Å²) in [5, 5.41) is 7.49. The Hall–Kier alpha value is -0.920. The van der Waals surface area contributed by atoms with Crippen LogP contribution in [0.5, 0.6) is 0 Å². The smallest absolute Gasteiger partial charge is 0.0545 e. The molecule has 0 fully saturated rings. The van der Waals surface area contributed by atoms with E-state index < -0.39 is 0 Å². The first-order valence-electron chi connectivity index (χ1n) is 5.02. The number of nitrogens with one attached hydrogen (secondary N) is 1. The quantitative estimate of drug-likeness (QED) is 0.550. The largest absolute Gasteiger partial charge is 0.316 e. The van der Waals surface area contributed by atoms with E-state index in [4.69, 9.17) is 6.42 Å². The molecule has 1 heterocycles. The zero-order chi connectivity index (χ0) is 10.9. The SMILES string of the molecule is C#CCSCCNCCc1cnn(C)c1. The average molecular weight is 223 g/mol. The van der Waals surface area contributed by atoms with Crippen LogP contribution in [-0.2, 0) is 13.5 Å². The maximum Gasteiger partial charge on any atom is 0.0545 e. The van der Waals surface area contributed by atoms with Gasteiger partial charge in [0.05, 0.1) is 11.9 Å². The van der Waals surface area contributed by atoms with Gasteiger partial charge < -0.3 is 5.32 Å². The molecule has 1 aromatic rings. The summed E-state index contributed by atoms with van der Waals surface area (Å²) in [6.07, 6.45) is 10.1. The third kappa shape index (κ3) is 5.50. The molecule has 0 radical (unpaired) electrons. The Morgan fingerprint density at radius 3 is 3.13 bits per heavy atom. The predicted octanol–water partition coefficient (Wildman–Crippen LogP) is 0.919. The monoisotopic (exact) mass is 223 g/mol. The second-order valence-electron chi connectivity index (χ2n) is 3.28. The van der Waals surface area contributed by atoms with Crippen molar-refractivity contribution < 1.29 is 0 Å². The lowest BCUT2D eigenvalue weighted by molar-refractivity contribution is 0.719. The molecule has 0 aliphatic rings. The normalized spacial score (nSPS) is 10.1. The molecule has 0 saturated carbocycles. The molecule has 3 nitrogen and oxygen atoms in total. The summed E-state index contributed by atoms with van der Waals surface area (Å²) in [4.78, 5) is 0. The summed E-state index contributed by atoms with van der Waals surface area (Å²) in [6, 6.07) is 0. The van der Waals surface area contributed by atoms with Crippen molar-refractivity contribution in [1.29, 1.82) is 0 Å². The molecule has 0 amide bonds. The van der Waals surface area contributed by atoms with Gasteiger partial charge in [0.2, 0.25) is 0 Å². The minimum absolute atomic E-state index is 0.810. The average Bonchev–Trinajstić information content (AvgIpc) is 2.63. The molecule has 1 rings (SSSR count).